The van der Waals surface area contributed by atoms with Crippen LogP contribution in [0, 0.1) is 18.8 Å². The van der Waals surface area contributed by atoms with Gasteiger partial charge in [-0.15, -0.1) is 0 Å². The largest absolute Gasteiger partial charge is 0.482 e. The molecule has 0 unspecified atom stereocenters. The van der Waals surface area contributed by atoms with Crippen molar-refractivity contribution in [2.24, 2.45) is 17.6 Å². The summed E-state index contributed by atoms with van der Waals surface area (Å²) in [6, 6.07) is 8.28. The molecular formula is C30H35F2N7O4S. The number of piperidine rings is 2. The maximum Gasteiger partial charge on any atom is 0.329 e. The molecule has 4 aliphatic rings. The van der Waals surface area contributed by atoms with E-state index < -0.39 is 16.6 Å². The van der Waals surface area contributed by atoms with Gasteiger partial charge in [0.05, 0.1) is 24.8 Å². The summed E-state index contributed by atoms with van der Waals surface area (Å²) in [7, 11) is -2.72. The number of methoxy groups -OCH3 is 1. The SMILES string of the molecule is COc1cc(C(=O)N2C[C@H]3CC[C@@H]2[C@@H](N)C3)cc2nc(-c3cc4ccc(N(C(F)F)S(C)(=O)=O)nc4n3CC3CC3)c(C)n12. The molecule has 3 atom stereocenters. The van der Waals surface area contributed by atoms with Crippen LogP contribution >= 0.6 is 0 Å². The van der Waals surface area contributed by atoms with Crippen LogP contribution < -0.4 is 14.8 Å². The molecule has 2 N–H and O–H groups in total. The Morgan fingerprint density at radius 1 is 1.16 bits per heavy atom. The molecule has 234 valence electrons. The number of halogens is 2. The summed E-state index contributed by atoms with van der Waals surface area (Å²) in [5.74, 6) is 0.821. The zero-order chi connectivity index (χ0) is 31.1. The van der Waals surface area contributed by atoms with Gasteiger partial charge < -0.3 is 19.9 Å². The molecule has 44 heavy (non-hydrogen) atoms. The van der Waals surface area contributed by atoms with Crippen LogP contribution in [-0.4, -0.2) is 76.7 Å². The summed E-state index contributed by atoms with van der Waals surface area (Å²) in [5, 5.41) is 0.669. The lowest BCUT2D eigenvalue weighted by molar-refractivity contribution is 0.0249. The molecule has 11 nitrogen and oxygen atoms in total. The Balaban J connectivity index is 1.34. The molecule has 1 amide bonds. The van der Waals surface area contributed by atoms with E-state index in [1.807, 2.05) is 26.9 Å². The summed E-state index contributed by atoms with van der Waals surface area (Å²) in [4.78, 5) is 25.1. The number of hydrogen-bond donors (Lipinski definition) is 1. The van der Waals surface area contributed by atoms with E-state index in [-0.39, 0.29) is 28.1 Å². The van der Waals surface area contributed by atoms with E-state index in [0.717, 1.165) is 49.7 Å². The number of ether oxygens (including phenoxy) is 1. The fourth-order valence-electron chi connectivity index (χ4n) is 7.03. The molecule has 2 saturated carbocycles. The molecular weight excluding hydrogens is 592 g/mol. The van der Waals surface area contributed by atoms with Crippen molar-refractivity contribution < 1.29 is 26.7 Å². The fraction of sp³-hybridized carbons (Fsp3) is 0.500. The number of anilines is 1. The molecule has 4 fully saturated rings. The molecule has 6 heterocycles. The number of hydrogen-bond acceptors (Lipinski definition) is 7. The number of rotatable bonds is 8. The summed E-state index contributed by atoms with van der Waals surface area (Å²) < 4.78 is 61.6. The van der Waals surface area contributed by atoms with E-state index >= 15 is 0 Å². The van der Waals surface area contributed by atoms with Crippen molar-refractivity contribution in [1.29, 1.82) is 0 Å². The van der Waals surface area contributed by atoms with Gasteiger partial charge in [-0.25, -0.2) is 18.4 Å². The van der Waals surface area contributed by atoms with E-state index in [1.54, 1.807) is 25.3 Å². The predicted molar refractivity (Wildman–Crippen MR) is 161 cm³/mol. The molecule has 4 aromatic rings. The Morgan fingerprint density at radius 2 is 1.93 bits per heavy atom. The van der Waals surface area contributed by atoms with Gasteiger partial charge in [-0.1, -0.05) is 0 Å². The van der Waals surface area contributed by atoms with Gasteiger partial charge in [0.1, 0.15) is 22.8 Å². The van der Waals surface area contributed by atoms with Gasteiger partial charge in [-0.2, -0.15) is 13.1 Å². The second-order valence-corrected chi connectivity index (χ2v) is 14.3. The van der Waals surface area contributed by atoms with Crippen LogP contribution in [0.1, 0.15) is 48.2 Å². The average Bonchev–Trinajstić information content (AvgIpc) is 3.65. The average molecular weight is 628 g/mol. The minimum absolute atomic E-state index is 0.0194. The van der Waals surface area contributed by atoms with Gasteiger partial charge >= 0.3 is 6.55 Å². The van der Waals surface area contributed by atoms with Crippen molar-refractivity contribution in [2.45, 2.75) is 64.2 Å². The molecule has 2 bridgehead atoms. The number of nitrogens with zero attached hydrogens (tertiary/aromatic N) is 6. The first-order valence-electron chi connectivity index (χ1n) is 14.9. The lowest BCUT2D eigenvalue weighted by atomic mass is 9.76. The van der Waals surface area contributed by atoms with Crippen LogP contribution in [0.3, 0.4) is 0 Å². The van der Waals surface area contributed by atoms with Crippen molar-refractivity contribution in [3.8, 4) is 17.3 Å². The van der Waals surface area contributed by atoms with Crippen LogP contribution in [0.5, 0.6) is 5.88 Å². The molecule has 2 aliphatic heterocycles. The first-order chi connectivity index (χ1) is 20.9. The minimum Gasteiger partial charge on any atom is -0.482 e. The van der Waals surface area contributed by atoms with Gasteiger partial charge in [0.15, 0.2) is 5.88 Å². The van der Waals surface area contributed by atoms with Crippen molar-refractivity contribution in [3.05, 3.63) is 41.6 Å². The summed E-state index contributed by atoms with van der Waals surface area (Å²) in [5.41, 5.74) is 9.91. The molecule has 0 aromatic carbocycles. The third-order valence-corrected chi connectivity index (χ3v) is 10.4. The number of pyridine rings is 2. The van der Waals surface area contributed by atoms with Crippen LogP contribution in [0.4, 0.5) is 14.6 Å². The highest BCUT2D eigenvalue weighted by Crippen LogP contribution is 2.39. The van der Waals surface area contributed by atoms with E-state index in [0.29, 0.717) is 58.7 Å². The van der Waals surface area contributed by atoms with Crippen molar-refractivity contribution in [1.82, 2.24) is 23.8 Å². The highest BCUT2D eigenvalue weighted by molar-refractivity contribution is 7.92. The lowest BCUT2D eigenvalue weighted by Crippen LogP contribution is -2.60. The number of aryl methyl sites for hydroxylation is 1. The van der Waals surface area contributed by atoms with Crippen LogP contribution in [-0.2, 0) is 16.6 Å². The van der Waals surface area contributed by atoms with Gasteiger partial charge in [0, 0.05) is 42.2 Å². The normalized spacial score (nSPS) is 22.0. The summed E-state index contributed by atoms with van der Waals surface area (Å²) >= 11 is 0. The molecule has 8 rings (SSSR count). The zero-order valence-corrected chi connectivity index (χ0v) is 25.6. The highest BCUT2D eigenvalue weighted by Gasteiger charge is 2.41. The maximum absolute atomic E-state index is 13.8. The summed E-state index contributed by atoms with van der Waals surface area (Å²) in [6.45, 7) is -0.0963. The van der Waals surface area contributed by atoms with Crippen molar-refractivity contribution in [2.75, 3.05) is 24.2 Å². The highest BCUT2D eigenvalue weighted by atomic mass is 32.2. The Labute approximate surface area is 253 Å². The lowest BCUT2D eigenvalue weighted by Gasteiger charge is -2.48. The number of nitrogens with two attached hydrogens (primary N) is 1. The molecule has 4 aromatic heterocycles. The van der Waals surface area contributed by atoms with Crippen molar-refractivity contribution >= 4 is 38.4 Å². The molecule has 2 aliphatic carbocycles. The standard InChI is InChI=1S/C30H35F2N7O4S/c1-16-27(23-11-19-7-9-24(39(30(31)32)44(3,41)42)35-28(19)36(23)14-17-4-5-17)34-25-12-20(13-26(43-2)38(16)25)29(40)37-15-18-6-8-22(37)21(33)10-18/h7,9,11-13,17-18,21-22,30H,4-6,8,10,14-15,33H2,1-3H3/t18-,21-,22+/m0/s1. The second-order valence-electron chi connectivity index (χ2n) is 12.4. The third kappa shape index (κ3) is 4.78. The minimum atomic E-state index is -4.27. The van der Waals surface area contributed by atoms with Crippen LogP contribution in [0.2, 0.25) is 0 Å². The first kappa shape index (κ1) is 29.0. The zero-order valence-electron chi connectivity index (χ0n) is 24.8. The second kappa shape index (κ2) is 10.4. The van der Waals surface area contributed by atoms with Gasteiger partial charge in [0.25, 0.3) is 5.91 Å². The Kier molecular flexibility index (Phi) is 6.85. The molecule has 2 saturated heterocycles. The number of aromatic nitrogens is 4. The quantitative estimate of drug-likeness (QED) is 0.292. The summed E-state index contributed by atoms with van der Waals surface area (Å²) in [6.07, 6.45) is 5.72. The van der Waals surface area contributed by atoms with Crippen LogP contribution in [0.15, 0.2) is 30.3 Å². The number of fused-ring (bicyclic) bond motifs is 5. The smallest absolute Gasteiger partial charge is 0.329 e. The Bertz CT molecular complexity index is 1900. The van der Waals surface area contributed by atoms with Gasteiger partial charge in [0.2, 0.25) is 10.0 Å². The van der Waals surface area contributed by atoms with Gasteiger partial charge in [-0.3, -0.25) is 9.20 Å². The number of carbonyl (C=O) groups is 1. The molecule has 0 spiro atoms. The number of sulfonamides is 1. The number of amides is 1. The van der Waals surface area contributed by atoms with E-state index in [4.69, 9.17) is 15.5 Å². The number of imidazole rings is 1. The monoisotopic (exact) mass is 627 g/mol. The van der Waals surface area contributed by atoms with E-state index in [1.165, 1.54) is 6.07 Å². The number of carbonyl (C=O) groups excluding carboxylic acids is 1. The topological polar surface area (TPSA) is 128 Å². The Morgan fingerprint density at radius 3 is 2.57 bits per heavy atom. The maximum atomic E-state index is 13.8. The van der Waals surface area contributed by atoms with Crippen molar-refractivity contribution in [3.63, 3.8) is 0 Å². The predicted octanol–water partition coefficient (Wildman–Crippen LogP) is 4.02. The third-order valence-electron chi connectivity index (χ3n) is 9.33. The van der Waals surface area contributed by atoms with E-state index in [2.05, 4.69) is 4.98 Å². The van der Waals surface area contributed by atoms with E-state index in [9.17, 15) is 22.0 Å². The molecule has 14 heteroatoms. The first-order valence-corrected chi connectivity index (χ1v) is 16.7. The van der Waals surface area contributed by atoms with Crippen LogP contribution in [0.25, 0.3) is 28.1 Å². The van der Waals surface area contributed by atoms with Gasteiger partial charge in [-0.05, 0) is 75.1 Å². The Hall–Kier alpha value is -3.78. The fourth-order valence-corrected chi connectivity index (χ4v) is 7.76. The molecule has 0 radical (unpaired) electrons. The number of alkyl halides is 2.